The summed E-state index contributed by atoms with van der Waals surface area (Å²) in [6, 6.07) is 3.24. The summed E-state index contributed by atoms with van der Waals surface area (Å²) in [7, 11) is 0. The zero-order valence-corrected chi connectivity index (χ0v) is 15.9. The number of carbonyl (C=O) groups excluding carboxylic acids is 1. The van der Waals surface area contributed by atoms with Crippen LogP contribution in [-0.2, 0) is 0 Å². The first-order valence-corrected chi connectivity index (χ1v) is 9.35. The summed E-state index contributed by atoms with van der Waals surface area (Å²) >= 11 is 3.32. The van der Waals surface area contributed by atoms with Gasteiger partial charge in [-0.2, -0.15) is 0 Å². The van der Waals surface area contributed by atoms with Crippen molar-refractivity contribution in [3.63, 3.8) is 0 Å². The molecule has 2 aliphatic heterocycles. The molecule has 1 aromatic carbocycles. The van der Waals surface area contributed by atoms with E-state index in [0.717, 1.165) is 6.42 Å². The van der Waals surface area contributed by atoms with Crippen molar-refractivity contribution in [2.24, 2.45) is 11.8 Å². The number of rotatable bonds is 2. The molecule has 0 bridgehead atoms. The van der Waals surface area contributed by atoms with Crippen molar-refractivity contribution in [2.45, 2.75) is 32.7 Å². The van der Waals surface area contributed by atoms with Crippen molar-refractivity contribution in [3.8, 4) is 0 Å². The van der Waals surface area contributed by atoms with E-state index in [1.165, 1.54) is 11.0 Å². The predicted molar refractivity (Wildman–Crippen MR) is 96.7 cm³/mol. The Kier molecular flexibility index (Phi) is 5.04. The molecule has 1 fully saturated rings. The van der Waals surface area contributed by atoms with Gasteiger partial charge in [-0.3, -0.25) is 4.79 Å². The highest BCUT2D eigenvalue weighted by atomic mass is 79.9. The van der Waals surface area contributed by atoms with Gasteiger partial charge in [0.1, 0.15) is 5.82 Å². The minimum Gasteiger partial charge on any atom is -0.465 e. The molecule has 2 heterocycles. The van der Waals surface area contributed by atoms with Crippen LogP contribution in [0.4, 0.5) is 14.9 Å². The van der Waals surface area contributed by atoms with E-state index in [-0.39, 0.29) is 23.3 Å². The number of halogens is 2. The van der Waals surface area contributed by atoms with Crippen LogP contribution in [-0.4, -0.2) is 47.6 Å². The summed E-state index contributed by atoms with van der Waals surface area (Å²) in [5, 5.41) is 9.18. The second kappa shape index (κ2) is 6.94. The van der Waals surface area contributed by atoms with Crippen LogP contribution >= 0.6 is 15.9 Å². The van der Waals surface area contributed by atoms with Crippen molar-refractivity contribution in [2.75, 3.05) is 24.5 Å². The Hall–Kier alpha value is -1.63. The molecule has 136 valence electrons. The number of piperidine rings is 1. The maximum atomic E-state index is 14.3. The smallest absolute Gasteiger partial charge is 0.407 e. The van der Waals surface area contributed by atoms with Crippen LogP contribution in [0.5, 0.6) is 0 Å². The van der Waals surface area contributed by atoms with E-state index in [1.807, 2.05) is 6.07 Å². The predicted octanol–water partition coefficient (Wildman–Crippen LogP) is 4.01. The molecule has 1 amide bonds. The van der Waals surface area contributed by atoms with Crippen LogP contribution in [0.15, 0.2) is 16.6 Å². The molecule has 0 unspecified atom stereocenters. The third-order valence-electron chi connectivity index (χ3n) is 5.56. The van der Waals surface area contributed by atoms with Crippen LogP contribution < -0.4 is 4.90 Å². The van der Waals surface area contributed by atoms with E-state index >= 15 is 0 Å². The second-order valence-electron chi connectivity index (χ2n) is 7.05. The van der Waals surface area contributed by atoms with E-state index in [9.17, 15) is 19.1 Å². The Morgan fingerprint density at radius 2 is 2.12 bits per heavy atom. The molecule has 3 rings (SSSR count). The third kappa shape index (κ3) is 3.38. The van der Waals surface area contributed by atoms with Crippen LogP contribution in [0.25, 0.3) is 0 Å². The normalized spacial score (nSPS) is 24.9. The number of fused-ring (bicyclic) bond motifs is 1. The van der Waals surface area contributed by atoms with E-state index < -0.39 is 11.9 Å². The number of hydrogen-bond acceptors (Lipinski definition) is 3. The second-order valence-corrected chi connectivity index (χ2v) is 7.96. The van der Waals surface area contributed by atoms with Gasteiger partial charge in [0.25, 0.3) is 0 Å². The van der Waals surface area contributed by atoms with Crippen LogP contribution in [0.3, 0.4) is 0 Å². The van der Waals surface area contributed by atoms with Crippen molar-refractivity contribution in [1.29, 1.82) is 0 Å². The van der Waals surface area contributed by atoms with Crippen LogP contribution in [0.2, 0.25) is 0 Å². The van der Waals surface area contributed by atoms with Crippen molar-refractivity contribution < 1.29 is 19.1 Å². The fraction of sp³-hybridized carbons (Fsp3) is 0.556. The quantitative estimate of drug-likeness (QED) is 0.796. The number of nitrogens with zero attached hydrogens (tertiary/aromatic N) is 2. The minimum absolute atomic E-state index is 0.103. The maximum absolute atomic E-state index is 14.3. The van der Waals surface area contributed by atoms with Crippen LogP contribution in [0, 0.1) is 17.7 Å². The standard InChI is InChI=1S/C18H22BrFN2O3/c1-10-9-21(18(24)25)5-3-13(10)11(2)22-6-4-16(23)17-14(20)7-12(19)8-15(17)22/h7-8,10-11,13H,3-6,9H2,1-2H3,(H,24,25)/t10-,11+,13+/m1/s1. The molecule has 0 aromatic heterocycles. The van der Waals surface area contributed by atoms with Gasteiger partial charge in [-0.05, 0) is 37.3 Å². The van der Waals surface area contributed by atoms with E-state index in [0.29, 0.717) is 42.1 Å². The molecule has 7 heteroatoms. The number of hydrogen-bond donors (Lipinski definition) is 1. The molecule has 3 atom stereocenters. The Morgan fingerprint density at radius 1 is 1.40 bits per heavy atom. The fourth-order valence-electron chi connectivity index (χ4n) is 4.24. The van der Waals surface area contributed by atoms with E-state index in [1.54, 1.807) is 0 Å². The van der Waals surface area contributed by atoms with Crippen molar-refractivity contribution in [1.82, 2.24) is 4.90 Å². The van der Waals surface area contributed by atoms with Gasteiger partial charge < -0.3 is 14.9 Å². The summed E-state index contributed by atoms with van der Waals surface area (Å²) in [4.78, 5) is 26.9. The topological polar surface area (TPSA) is 60.9 Å². The Morgan fingerprint density at radius 3 is 2.76 bits per heavy atom. The molecule has 25 heavy (non-hydrogen) atoms. The number of anilines is 1. The van der Waals surface area contributed by atoms with Crippen LogP contribution in [0.1, 0.15) is 37.0 Å². The number of likely N-dealkylation sites (tertiary alicyclic amines) is 1. The summed E-state index contributed by atoms with van der Waals surface area (Å²) in [5.41, 5.74) is 0.820. The van der Waals surface area contributed by atoms with Gasteiger partial charge in [0.05, 0.1) is 11.3 Å². The number of carbonyl (C=O) groups is 2. The first-order valence-electron chi connectivity index (χ1n) is 8.56. The summed E-state index contributed by atoms with van der Waals surface area (Å²) < 4.78 is 14.9. The van der Waals surface area contributed by atoms with Gasteiger partial charge in [0, 0.05) is 36.6 Å². The van der Waals surface area contributed by atoms with Gasteiger partial charge in [0.15, 0.2) is 5.78 Å². The number of amides is 1. The fourth-order valence-corrected chi connectivity index (χ4v) is 4.66. The lowest BCUT2D eigenvalue weighted by atomic mass is 9.80. The van der Waals surface area contributed by atoms with Gasteiger partial charge in [-0.1, -0.05) is 22.9 Å². The Labute approximate surface area is 154 Å². The van der Waals surface area contributed by atoms with Gasteiger partial charge in [0.2, 0.25) is 0 Å². The van der Waals surface area contributed by atoms with Crippen molar-refractivity contribution in [3.05, 3.63) is 28.0 Å². The molecule has 0 saturated carbocycles. The zero-order chi connectivity index (χ0) is 18.3. The molecular weight excluding hydrogens is 391 g/mol. The van der Waals surface area contributed by atoms with Crippen molar-refractivity contribution >= 4 is 33.5 Å². The first-order chi connectivity index (χ1) is 11.8. The molecule has 1 saturated heterocycles. The lowest BCUT2D eigenvalue weighted by Crippen LogP contribution is -2.51. The molecular formula is C18H22BrFN2O3. The highest BCUT2D eigenvalue weighted by molar-refractivity contribution is 9.10. The molecule has 0 aliphatic carbocycles. The monoisotopic (exact) mass is 412 g/mol. The summed E-state index contributed by atoms with van der Waals surface area (Å²) in [6.45, 7) is 5.75. The maximum Gasteiger partial charge on any atom is 0.407 e. The molecule has 5 nitrogen and oxygen atoms in total. The minimum atomic E-state index is -0.877. The molecule has 1 aromatic rings. The number of ketones is 1. The zero-order valence-electron chi connectivity index (χ0n) is 14.3. The average molecular weight is 413 g/mol. The van der Waals surface area contributed by atoms with E-state index in [4.69, 9.17) is 0 Å². The third-order valence-corrected chi connectivity index (χ3v) is 6.01. The molecule has 0 radical (unpaired) electrons. The number of Topliss-reactive ketones (excluding diaryl/α,β-unsaturated/α-hetero) is 1. The number of carboxylic acid groups (broad SMARTS) is 1. The summed E-state index contributed by atoms with van der Waals surface area (Å²) in [6.07, 6.45) is 0.196. The lowest BCUT2D eigenvalue weighted by Gasteiger charge is -2.45. The molecule has 1 N–H and O–H groups in total. The molecule has 2 aliphatic rings. The highest BCUT2D eigenvalue weighted by Crippen LogP contribution is 2.37. The van der Waals surface area contributed by atoms with Gasteiger partial charge >= 0.3 is 6.09 Å². The first kappa shape index (κ1) is 18.2. The average Bonchev–Trinajstić information content (AvgIpc) is 2.53. The van der Waals surface area contributed by atoms with E-state index in [2.05, 4.69) is 34.7 Å². The number of benzene rings is 1. The van der Waals surface area contributed by atoms with Gasteiger partial charge in [-0.15, -0.1) is 0 Å². The largest absolute Gasteiger partial charge is 0.465 e. The Balaban J connectivity index is 1.87. The summed E-state index contributed by atoms with van der Waals surface area (Å²) in [5.74, 6) is -0.145. The Bertz CT molecular complexity index is 712. The highest BCUT2D eigenvalue weighted by Gasteiger charge is 2.37. The lowest BCUT2D eigenvalue weighted by molar-refractivity contribution is 0.0913. The SMILES string of the molecule is C[C@@H]1CN(C(=O)O)CC[C@@H]1[C@H](C)N1CCC(=O)c2c(F)cc(Br)cc21. The molecule has 0 spiro atoms. The van der Waals surface area contributed by atoms with Gasteiger partial charge in [-0.25, -0.2) is 9.18 Å².